The molecule has 25 heavy (non-hydrogen) atoms. The predicted molar refractivity (Wildman–Crippen MR) is 99.3 cm³/mol. The molecular formula is C19H17N5O. The van der Waals surface area contributed by atoms with Crippen molar-refractivity contribution in [2.24, 2.45) is 0 Å². The van der Waals surface area contributed by atoms with E-state index in [9.17, 15) is 0 Å². The normalized spacial score (nSPS) is 11.4. The molecule has 4 aromatic rings. The highest BCUT2D eigenvalue weighted by molar-refractivity contribution is 5.89. The van der Waals surface area contributed by atoms with E-state index in [1.807, 2.05) is 55.5 Å². The van der Waals surface area contributed by atoms with Crippen molar-refractivity contribution in [3.8, 4) is 11.5 Å². The third-order valence-corrected chi connectivity index (χ3v) is 3.97. The molecule has 0 amide bonds. The Balaban J connectivity index is 1.59. The highest BCUT2D eigenvalue weighted by atomic mass is 16.5. The molecule has 2 aromatic carbocycles. The summed E-state index contributed by atoms with van der Waals surface area (Å²) < 4.78 is 5.89. The third-order valence-electron chi connectivity index (χ3n) is 3.97. The van der Waals surface area contributed by atoms with Crippen LogP contribution in [0.1, 0.15) is 17.1 Å². The number of fused-ring (bicyclic) bond motifs is 1. The lowest BCUT2D eigenvalue weighted by Gasteiger charge is -2.07. The Bertz CT molecular complexity index is 1050. The Morgan fingerprint density at radius 3 is 2.72 bits per heavy atom. The number of rotatable bonds is 4. The number of nitrogens with one attached hydrogen (secondary N) is 2. The van der Waals surface area contributed by atoms with Crippen LogP contribution in [0.25, 0.3) is 23.1 Å². The molecule has 0 aliphatic rings. The SMILES string of the molecule is Cc1ccc(Oc2ccc3c(C=Cc4ncc[nH]4)n[nH]c3c2)cc1N. The van der Waals surface area contributed by atoms with E-state index >= 15 is 0 Å². The standard InChI is InChI=1S/C19H17N5O/c1-12-2-3-13(10-16(12)20)25-14-4-5-15-17(23-24-18(15)11-14)6-7-19-21-8-9-22-19/h2-11H,20H2,1H3,(H,21,22)(H,23,24). The quantitative estimate of drug-likeness (QED) is 0.490. The Labute approximate surface area is 144 Å². The first-order chi connectivity index (χ1) is 12.2. The maximum Gasteiger partial charge on any atom is 0.130 e. The van der Waals surface area contributed by atoms with E-state index in [-0.39, 0.29) is 0 Å². The van der Waals surface area contributed by atoms with Crippen LogP contribution in [0.3, 0.4) is 0 Å². The van der Waals surface area contributed by atoms with Crippen LogP contribution >= 0.6 is 0 Å². The molecule has 2 aromatic heterocycles. The topological polar surface area (TPSA) is 92.6 Å². The number of aromatic nitrogens is 4. The summed E-state index contributed by atoms with van der Waals surface area (Å²) in [5.41, 5.74) is 9.42. The number of nitrogens with two attached hydrogens (primary N) is 1. The summed E-state index contributed by atoms with van der Waals surface area (Å²) >= 11 is 0. The fourth-order valence-electron chi connectivity index (χ4n) is 2.56. The Morgan fingerprint density at radius 2 is 1.92 bits per heavy atom. The molecule has 6 heteroatoms. The Kier molecular flexibility index (Phi) is 3.70. The van der Waals surface area contributed by atoms with Gasteiger partial charge in [0.2, 0.25) is 0 Å². The average molecular weight is 331 g/mol. The van der Waals surface area contributed by atoms with Gasteiger partial charge < -0.3 is 15.5 Å². The fraction of sp³-hybridized carbons (Fsp3) is 0.0526. The maximum atomic E-state index is 5.93. The summed E-state index contributed by atoms with van der Waals surface area (Å²) in [6.45, 7) is 1.97. The van der Waals surface area contributed by atoms with Crippen LogP contribution in [-0.2, 0) is 0 Å². The molecular weight excluding hydrogens is 314 g/mol. The zero-order chi connectivity index (χ0) is 17.2. The largest absolute Gasteiger partial charge is 0.457 e. The number of aromatic amines is 2. The van der Waals surface area contributed by atoms with E-state index in [0.29, 0.717) is 11.4 Å². The van der Waals surface area contributed by atoms with Gasteiger partial charge in [0, 0.05) is 35.6 Å². The minimum absolute atomic E-state index is 0.708. The molecule has 2 heterocycles. The van der Waals surface area contributed by atoms with Gasteiger partial charge in [0.05, 0.1) is 11.2 Å². The second kappa shape index (κ2) is 6.16. The number of hydrogen-bond donors (Lipinski definition) is 3. The minimum Gasteiger partial charge on any atom is -0.457 e. The monoisotopic (exact) mass is 331 g/mol. The lowest BCUT2D eigenvalue weighted by molar-refractivity contribution is 0.483. The van der Waals surface area contributed by atoms with Crippen molar-refractivity contribution in [2.45, 2.75) is 6.92 Å². The number of nitrogens with zero attached hydrogens (tertiary/aromatic N) is 2. The van der Waals surface area contributed by atoms with Crippen molar-refractivity contribution < 1.29 is 4.74 Å². The average Bonchev–Trinajstić information content (AvgIpc) is 3.25. The molecule has 0 spiro atoms. The van der Waals surface area contributed by atoms with Gasteiger partial charge in [-0.05, 0) is 42.8 Å². The van der Waals surface area contributed by atoms with Crippen LogP contribution in [0.5, 0.6) is 11.5 Å². The first-order valence-corrected chi connectivity index (χ1v) is 7.88. The smallest absolute Gasteiger partial charge is 0.130 e. The zero-order valence-corrected chi connectivity index (χ0v) is 13.7. The number of H-pyrrole nitrogens is 2. The highest BCUT2D eigenvalue weighted by Gasteiger charge is 2.06. The van der Waals surface area contributed by atoms with Crippen molar-refractivity contribution in [2.75, 3.05) is 5.73 Å². The molecule has 0 saturated carbocycles. The molecule has 0 unspecified atom stereocenters. The molecule has 0 aliphatic heterocycles. The second-order valence-electron chi connectivity index (χ2n) is 5.74. The van der Waals surface area contributed by atoms with Crippen molar-refractivity contribution in [3.63, 3.8) is 0 Å². The Hall–Kier alpha value is -3.54. The predicted octanol–water partition coefficient (Wildman–Crippen LogP) is 4.14. The number of anilines is 1. The Morgan fingerprint density at radius 1 is 1.08 bits per heavy atom. The van der Waals surface area contributed by atoms with Gasteiger partial charge in [-0.2, -0.15) is 5.10 Å². The summed E-state index contributed by atoms with van der Waals surface area (Å²) in [5, 5.41) is 8.38. The number of benzene rings is 2. The molecule has 0 atom stereocenters. The summed E-state index contributed by atoms with van der Waals surface area (Å²) in [5.74, 6) is 2.22. The van der Waals surface area contributed by atoms with Crippen LogP contribution in [-0.4, -0.2) is 20.2 Å². The molecule has 0 aliphatic carbocycles. The van der Waals surface area contributed by atoms with Gasteiger partial charge in [-0.3, -0.25) is 5.10 Å². The van der Waals surface area contributed by atoms with Crippen LogP contribution in [0.4, 0.5) is 5.69 Å². The number of nitrogen functional groups attached to an aromatic ring is 1. The van der Waals surface area contributed by atoms with Crippen LogP contribution in [0.15, 0.2) is 48.8 Å². The van der Waals surface area contributed by atoms with E-state index in [2.05, 4.69) is 20.2 Å². The molecule has 4 rings (SSSR count). The molecule has 0 bridgehead atoms. The van der Waals surface area contributed by atoms with E-state index in [0.717, 1.165) is 33.7 Å². The first-order valence-electron chi connectivity index (χ1n) is 7.88. The van der Waals surface area contributed by atoms with Crippen LogP contribution in [0.2, 0.25) is 0 Å². The molecule has 0 fully saturated rings. The van der Waals surface area contributed by atoms with Gasteiger partial charge in [-0.1, -0.05) is 6.07 Å². The van der Waals surface area contributed by atoms with Gasteiger partial charge in [-0.25, -0.2) is 4.98 Å². The van der Waals surface area contributed by atoms with Gasteiger partial charge in [0.25, 0.3) is 0 Å². The number of imidazole rings is 1. The summed E-state index contributed by atoms with van der Waals surface area (Å²) in [6.07, 6.45) is 7.29. The zero-order valence-electron chi connectivity index (χ0n) is 13.7. The van der Waals surface area contributed by atoms with E-state index < -0.39 is 0 Å². The van der Waals surface area contributed by atoms with Gasteiger partial charge >= 0.3 is 0 Å². The van der Waals surface area contributed by atoms with Crippen molar-refractivity contribution in [1.29, 1.82) is 0 Å². The van der Waals surface area contributed by atoms with Crippen LogP contribution in [0, 0.1) is 6.92 Å². The minimum atomic E-state index is 0.708. The lowest BCUT2D eigenvalue weighted by atomic mass is 10.2. The summed E-state index contributed by atoms with van der Waals surface area (Å²) in [7, 11) is 0. The second-order valence-corrected chi connectivity index (χ2v) is 5.74. The molecule has 0 radical (unpaired) electrons. The van der Waals surface area contributed by atoms with Crippen LogP contribution < -0.4 is 10.5 Å². The van der Waals surface area contributed by atoms with Gasteiger partial charge in [0.1, 0.15) is 17.3 Å². The first kappa shape index (κ1) is 15.0. The lowest BCUT2D eigenvalue weighted by Crippen LogP contribution is -1.91. The van der Waals surface area contributed by atoms with Crippen molar-refractivity contribution in [1.82, 2.24) is 20.2 Å². The van der Waals surface area contributed by atoms with Crippen molar-refractivity contribution in [3.05, 3.63) is 65.9 Å². The molecule has 124 valence electrons. The van der Waals surface area contributed by atoms with Crippen molar-refractivity contribution >= 4 is 28.7 Å². The third kappa shape index (κ3) is 3.10. The highest BCUT2D eigenvalue weighted by Crippen LogP contribution is 2.28. The number of hydrogen-bond acceptors (Lipinski definition) is 4. The van der Waals surface area contributed by atoms with E-state index in [1.165, 1.54) is 0 Å². The number of ether oxygens (including phenoxy) is 1. The molecule has 4 N–H and O–H groups in total. The molecule has 6 nitrogen and oxygen atoms in total. The summed E-state index contributed by atoms with van der Waals surface area (Å²) in [4.78, 5) is 7.19. The van der Waals surface area contributed by atoms with E-state index in [1.54, 1.807) is 12.4 Å². The van der Waals surface area contributed by atoms with E-state index in [4.69, 9.17) is 10.5 Å². The van der Waals surface area contributed by atoms with Gasteiger partial charge in [0.15, 0.2) is 0 Å². The maximum absolute atomic E-state index is 5.93. The van der Waals surface area contributed by atoms with Gasteiger partial charge in [-0.15, -0.1) is 0 Å². The number of aryl methyl sites for hydroxylation is 1. The summed E-state index contributed by atoms with van der Waals surface area (Å²) in [6, 6.07) is 11.5. The fourth-order valence-corrected chi connectivity index (χ4v) is 2.56. The molecule has 0 saturated heterocycles.